The van der Waals surface area contributed by atoms with Gasteiger partial charge in [0.15, 0.2) is 0 Å². The Morgan fingerprint density at radius 1 is 1.28 bits per heavy atom. The molecule has 0 saturated heterocycles. The van der Waals surface area contributed by atoms with Crippen LogP contribution in [0.15, 0.2) is 0 Å². The van der Waals surface area contributed by atoms with Crippen molar-refractivity contribution in [2.75, 3.05) is 33.4 Å². The minimum absolute atomic E-state index is 0.0650. The summed E-state index contributed by atoms with van der Waals surface area (Å²) in [7, 11) is 1.55. The summed E-state index contributed by atoms with van der Waals surface area (Å²) in [4.78, 5) is 24.6. The van der Waals surface area contributed by atoms with E-state index in [0.717, 1.165) is 0 Å². The summed E-state index contributed by atoms with van der Waals surface area (Å²) in [5, 5.41) is 17.9. The van der Waals surface area contributed by atoms with Gasteiger partial charge in [0.25, 0.3) is 0 Å². The number of nitrogens with zero attached hydrogens (tertiary/aromatic N) is 1. The Kier molecular flexibility index (Phi) is 6.07. The number of hydrogen-bond donors (Lipinski definition) is 2. The minimum atomic E-state index is -0.823. The van der Waals surface area contributed by atoms with Crippen LogP contribution in [0.5, 0.6) is 0 Å². The van der Waals surface area contributed by atoms with Gasteiger partial charge in [0, 0.05) is 26.1 Å². The normalized spacial score (nSPS) is 23.0. The molecule has 104 valence electrons. The number of rotatable bonds is 7. The van der Waals surface area contributed by atoms with Crippen LogP contribution in [-0.4, -0.2) is 60.4 Å². The number of aliphatic hydroxyl groups is 1. The largest absolute Gasteiger partial charge is 0.481 e. The highest BCUT2D eigenvalue weighted by Gasteiger charge is 2.35. The van der Waals surface area contributed by atoms with Crippen LogP contribution in [-0.2, 0) is 14.3 Å². The Balaban J connectivity index is 2.52. The number of methoxy groups -OCH3 is 1. The van der Waals surface area contributed by atoms with Gasteiger partial charge in [-0.1, -0.05) is 0 Å². The highest BCUT2D eigenvalue weighted by molar-refractivity contribution is 5.81. The van der Waals surface area contributed by atoms with Crippen LogP contribution in [0.4, 0.5) is 0 Å². The molecule has 2 atom stereocenters. The van der Waals surface area contributed by atoms with Gasteiger partial charge in [-0.05, 0) is 19.3 Å². The highest BCUT2D eigenvalue weighted by Crippen LogP contribution is 2.32. The molecule has 6 heteroatoms. The van der Waals surface area contributed by atoms with Crippen molar-refractivity contribution in [1.29, 1.82) is 0 Å². The van der Waals surface area contributed by atoms with E-state index in [-0.39, 0.29) is 25.0 Å². The topological polar surface area (TPSA) is 87.1 Å². The van der Waals surface area contributed by atoms with E-state index in [1.54, 1.807) is 12.0 Å². The molecule has 2 N–H and O–H groups in total. The Labute approximate surface area is 107 Å². The molecule has 1 saturated carbocycles. The lowest BCUT2D eigenvalue weighted by atomic mass is 10.0. The summed E-state index contributed by atoms with van der Waals surface area (Å²) in [6.45, 7) is 1.03. The zero-order chi connectivity index (χ0) is 13.5. The number of ether oxygens (including phenoxy) is 1. The van der Waals surface area contributed by atoms with E-state index in [2.05, 4.69) is 0 Å². The third-order valence-electron chi connectivity index (χ3n) is 3.38. The number of amides is 1. The fourth-order valence-electron chi connectivity index (χ4n) is 2.34. The lowest BCUT2D eigenvalue weighted by Gasteiger charge is -2.24. The van der Waals surface area contributed by atoms with E-state index in [0.29, 0.717) is 32.4 Å². The molecule has 0 aromatic carbocycles. The van der Waals surface area contributed by atoms with Crippen LogP contribution in [0, 0.1) is 11.8 Å². The molecule has 0 heterocycles. The fraction of sp³-hybridized carbons (Fsp3) is 0.833. The van der Waals surface area contributed by atoms with Gasteiger partial charge in [0.1, 0.15) is 0 Å². The van der Waals surface area contributed by atoms with Crippen molar-refractivity contribution in [3.63, 3.8) is 0 Å². The predicted molar refractivity (Wildman–Crippen MR) is 64.0 cm³/mol. The van der Waals surface area contributed by atoms with Crippen molar-refractivity contribution in [2.45, 2.75) is 19.3 Å². The summed E-state index contributed by atoms with van der Waals surface area (Å²) >= 11 is 0. The zero-order valence-corrected chi connectivity index (χ0v) is 10.7. The second kappa shape index (κ2) is 7.33. The smallest absolute Gasteiger partial charge is 0.306 e. The number of carbonyl (C=O) groups is 2. The van der Waals surface area contributed by atoms with Gasteiger partial charge in [-0.25, -0.2) is 0 Å². The Bertz CT molecular complexity index is 294. The van der Waals surface area contributed by atoms with E-state index in [4.69, 9.17) is 14.9 Å². The van der Waals surface area contributed by atoms with Crippen LogP contribution in [0.3, 0.4) is 0 Å². The highest BCUT2D eigenvalue weighted by atomic mass is 16.5. The first kappa shape index (κ1) is 14.9. The number of aliphatic carboxylic acids is 1. The van der Waals surface area contributed by atoms with E-state index < -0.39 is 11.9 Å². The van der Waals surface area contributed by atoms with E-state index in [1.165, 1.54) is 0 Å². The molecule has 1 fully saturated rings. The van der Waals surface area contributed by atoms with Gasteiger partial charge >= 0.3 is 5.97 Å². The molecule has 0 radical (unpaired) electrons. The molecule has 0 aliphatic heterocycles. The Morgan fingerprint density at radius 2 is 1.94 bits per heavy atom. The van der Waals surface area contributed by atoms with E-state index >= 15 is 0 Å². The molecule has 1 aliphatic rings. The Hall–Kier alpha value is -1.14. The molecular formula is C12H21NO5. The van der Waals surface area contributed by atoms with Crippen molar-refractivity contribution >= 4 is 11.9 Å². The first-order valence-electron chi connectivity index (χ1n) is 6.21. The molecule has 0 aromatic heterocycles. The molecule has 0 spiro atoms. The monoisotopic (exact) mass is 259 g/mol. The summed E-state index contributed by atoms with van der Waals surface area (Å²) in [6, 6.07) is 0. The van der Waals surface area contributed by atoms with Gasteiger partial charge in [-0.3, -0.25) is 9.59 Å². The van der Waals surface area contributed by atoms with Crippen molar-refractivity contribution in [3.05, 3.63) is 0 Å². The predicted octanol–water partition coefficient (Wildman–Crippen LogP) is -0.0454. The average Bonchev–Trinajstić information content (AvgIpc) is 2.83. The van der Waals surface area contributed by atoms with E-state index in [1.807, 2.05) is 0 Å². The second-order valence-corrected chi connectivity index (χ2v) is 4.59. The maximum atomic E-state index is 12.2. The van der Waals surface area contributed by atoms with E-state index in [9.17, 15) is 9.59 Å². The number of carbonyl (C=O) groups excluding carboxylic acids is 1. The average molecular weight is 259 g/mol. The standard InChI is InChI=1S/C12H21NO5/c1-18-7-5-13(4-6-14)11(15)9-2-3-10(8-9)12(16)17/h9-10,14H,2-8H2,1H3,(H,16,17)/t9-,10+/m1/s1. The molecule has 0 bridgehead atoms. The van der Waals surface area contributed by atoms with Gasteiger partial charge in [-0.15, -0.1) is 0 Å². The molecule has 18 heavy (non-hydrogen) atoms. The van der Waals surface area contributed by atoms with Crippen LogP contribution in [0.2, 0.25) is 0 Å². The van der Waals surface area contributed by atoms with Gasteiger partial charge in [0.2, 0.25) is 5.91 Å². The summed E-state index contributed by atoms with van der Waals surface area (Å²) in [6.07, 6.45) is 1.58. The maximum Gasteiger partial charge on any atom is 0.306 e. The van der Waals surface area contributed by atoms with Crippen molar-refractivity contribution in [2.24, 2.45) is 11.8 Å². The Morgan fingerprint density at radius 3 is 2.44 bits per heavy atom. The minimum Gasteiger partial charge on any atom is -0.481 e. The van der Waals surface area contributed by atoms with Crippen LogP contribution in [0.25, 0.3) is 0 Å². The second-order valence-electron chi connectivity index (χ2n) is 4.59. The SMILES string of the molecule is COCCN(CCO)C(=O)[C@@H]1CC[C@H](C(=O)O)C1. The summed E-state index contributed by atoms with van der Waals surface area (Å²) in [5.41, 5.74) is 0. The quantitative estimate of drug-likeness (QED) is 0.669. The van der Waals surface area contributed by atoms with Gasteiger partial charge in [0.05, 0.1) is 19.1 Å². The number of carboxylic acid groups (broad SMARTS) is 1. The first-order chi connectivity index (χ1) is 8.60. The third kappa shape index (κ3) is 3.96. The van der Waals surface area contributed by atoms with Crippen LogP contribution >= 0.6 is 0 Å². The molecule has 0 aromatic rings. The van der Waals surface area contributed by atoms with Gasteiger partial charge in [-0.2, -0.15) is 0 Å². The maximum absolute atomic E-state index is 12.2. The molecule has 1 amide bonds. The summed E-state index contributed by atoms with van der Waals surface area (Å²) < 4.78 is 4.92. The lowest BCUT2D eigenvalue weighted by Crippen LogP contribution is -2.39. The first-order valence-corrected chi connectivity index (χ1v) is 6.21. The van der Waals surface area contributed by atoms with Gasteiger partial charge < -0.3 is 19.8 Å². The van der Waals surface area contributed by atoms with Crippen LogP contribution < -0.4 is 0 Å². The third-order valence-corrected chi connectivity index (χ3v) is 3.38. The number of hydrogen-bond acceptors (Lipinski definition) is 4. The van der Waals surface area contributed by atoms with Crippen molar-refractivity contribution in [3.8, 4) is 0 Å². The fourth-order valence-corrected chi connectivity index (χ4v) is 2.34. The van der Waals surface area contributed by atoms with Crippen molar-refractivity contribution < 1.29 is 24.5 Å². The molecule has 1 aliphatic carbocycles. The number of aliphatic hydroxyl groups excluding tert-OH is 1. The molecule has 0 unspecified atom stereocenters. The van der Waals surface area contributed by atoms with Crippen molar-refractivity contribution in [1.82, 2.24) is 4.90 Å². The number of carboxylic acids is 1. The summed E-state index contributed by atoms with van der Waals surface area (Å²) in [5.74, 6) is -1.52. The molecule has 1 rings (SSSR count). The molecule has 6 nitrogen and oxygen atoms in total. The molecular weight excluding hydrogens is 238 g/mol. The zero-order valence-electron chi connectivity index (χ0n) is 10.7. The van der Waals surface area contributed by atoms with Crippen LogP contribution in [0.1, 0.15) is 19.3 Å². The lowest BCUT2D eigenvalue weighted by molar-refractivity contribution is -0.141.